The molecular formula is C14H23N3O. The van der Waals surface area contributed by atoms with Crippen LogP contribution in [0.4, 0.5) is 5.82 Å². The second-order valence-corrected chi connectivity index (χ2v) is 5.83. The monoisotopic (exact) mass is 249 g/mol. The summed E-state index contributed by atoms with van der Waals surface area (Å²) in [6, 6.07) is 1.94. The minimum atomic E-state index is 0.209. The molecule has 0 atom stereocenters. The Kier molecular flexibility index (Phi) is 4.17. The van der Waals surface area contributed by atoms with Crippen molar-refractivity contribution in [2.45, 2.75) is 39.0 Å². The van der Waals surface area contributed by atoms with Gasteiger partial charge in [-0.3, -0.25) is 0 Å². The van der Waals surface area contributed by atoms with E-state index in [4.69, 9.17) is 4.74 Å². The SMILES string of the molecule is COCCC(C)(C)CNc1ccnc(C2CC2)n1. The maximum absolute atomic E-state index is 5.14. The van der Waals surface area contributed by atoms with Gasteiger partial charge in [-0.1, -0.05) is 13.8 Å². The van der Waals surface area contributed by atoms with Gasteiger partial charge < -0.3 is 10.1 Å². The smallest absolute Gasteiger partial charge is 0.133 e. The van der Waals surface area contributed by atoms with Crippen molar-refractivity contribution in [1.29, 1.82) is 0 Å². The van der Waals surface area contributed by atoms with Crippen LogP contribution < -0.4 is 5.32 Å². The summed E-state index contributed by atoms with van der Waals surface area (Å²) in [5, 5.41) is 3.41. The fourth-order valence-corrected chi connectivity index (χ4v) is 1.81. The van der Waals surface area contributed by atoms with Gasteiger partial charge in [0.05, 0.1) is 0 Å². The molecule has 1 heterocycles. The summed E-state index contributed by atoms with van der Waals surface area (Å²) in [5.41, 5.74) is 0.209. The van der Waals surface area contributed by atoms with Crippen LogP contribution in [0.3, 0.4) is 0 Å². The van der Waals surface area contributed by atoms with Crippen molar-refractivity contribution in [3.63, 3.8) is 0 Å². The second kappa shape index (κ2) is 5.65. The summed E-state index contributed by atoms with van der Waals surface area (Å²) >= 11 is 0. The topological polar surface area (TPSA) is 47.0 Å². The van der Waals surface area contributed by atoms with Crippen molar-refractivity contribution in [1.82, 2.24) is 9.97 Å². The molecule has 100 valence electrons. The predicted octanol–water partition coefficient (Wildman–Crippen LogP) is 2.83. The van der Waals surface area contributed by atoms with E-state index < -0.39 is 0 Å². The van der Waals surface area contributed by atoms with Crippen LogP contribution in [0, 0.1) is 5.41 Å². The average Bonchev–Trinajstić information content (AvgIpc) is 3.19. The van der Waals surface area contributed by atoms with Crippen LogP contribution in [0.1, 0.15) is 44.9 Å². The summed E-state index contributed by atoms with van der Waals surface area (Å²) in [7, 11) is 1.75. The molecule has 18 heavy (non-hydrogen) atoms. The molecule has 0 radical (unpaired) electrons. The van der Waals surface area contributed by atoms with Gasteiger partial charge in [0.1, 0.15) is 11.6 Å². The lowest BCUT2D eigenvalue weighted by molar-refractivity contribution is 0.157. The third-order valence-corrected chi connectivity index (χ3v) is 3.35. The first kappa shape index (κ1) is 13.3. The number of nitrogens with zero attached hydrogens (tertiary/aromatic N) is 2. The van der Waals surface area contributed by atoms with Crippen LogP contribution in [0.5, 0.6) is 0 Å². The first-order chi connectivity index (χ1) is 8.61. The van der Waals surface area contributed by atoms with Gasteiger partial charge in [0.2, 0.25) is 0 Å². The highest BCUT2D eigenvalue weighted by Crippen LogP contribution is 2.38. The molecule has 1 fully saturated rings. The fourth-order valence-electron chi connectivity index (χ4n) is 1.81. The van der Waals surface area contributed by atoms with Crippen LogP contribution in [-0.4, -0.2) is 30.2 Å². The van der Waals surface area contributed by atoms with Crippen molar-refractivity contribution in [2.24, 2.45) is 5.41 Å². The van der Waals surface area contributed by atoms with Crippen molar-refractivity contribution in [3.05, 3.63) is 18.1 Å². The summed E-state index contributed by atoms with van der Waals surface area (Å²) in [5.74, 6) is 2.54. The van der Waals surface area contributed by atoms with Gasteiger partial charge in [-0.2, -0.15) is 0 Å². The quantitative estimate of drug-likeness (QED) is 0.807. The highest BCUT2D eigenvalue weighted by molar-refractivity contribution is 5.34. The van der Waals surface area contributed by atoms with Gasteiger partial charge in [0, 0.05) is 32.4 Å². The van der Waals surface area contributed by atoms with Crippen LogP contribution in [0.25, 0.3) is 0 Å². The normalized spacial score (nSPS) is 15.7. The third-order valence-electron chi connectivity index (χ3n) is 3.35. The molecule has 1 aliphatic rings. The zero-order chi connectivity index (χ0) is 13.0. The number of methoxy groups -OCH3 is 1. The molecule has 0 aromatic carbocycles. The minimum absolute atomic E-state index is 0.209. The molecule has 0 bridgehead atoms. The molecular weight excluding hydrogens is 226 g/mol. The van der Waals surface area contributed by atoms with Crippen LogP contribution >= 0.6 is 0 Å². The summed E-state index contributed by atoms with van der Waals surface area (Å²) in [4.78, 5) is 8.89. The molecule has 0 saturated heterocycles. The van der Waals surface area contributed by atoms with Gasteiger partial charge in [-0.25, -0.2) is 9.97 Å². The van der Waals surface area contributed by atoms with Gasteiger partial charge in [0.15, 0.2) is 0 Å². The molecule has 0 aliphatic heterocycles. The molecule has 1 aliphatic carbocycles. The molecule has 4 heteroatoms. The van der Waals surface area contributed by atoms with E-state index in [-0.39, 0.29) is 5.41 Å². The number of ether oxygens (including phenoxy) is 1. The zero-order valence-corrected chi connectivity index (χ0v) is 11.6. The molecule has 0 spiro atoms. The average molecular weight is 249 g/mol. The van der Waals surface area contributed by atoms with E-state index in [9.17, 15) is 0 Å². The third kappa shape index (κ3) is 3.95. The second-order valence-electron chi connectivity index (χ2n) is 5.83. The summed E-state index contributed by atoms with van der Waals surface area (Å²) in [6.45, 7) is 6.17. The zero-order valence-electron chi connectivity index (χ0n) is 11.6. The van der Waals surface area contributed by atoms with E-state index in [1.807, 2.05) is 12.3 Å². The Morgan fingerprint density at radius 2 is 2.22 bits per heavy atom. The van der Waals surface area contributed by atoms with E-state index in [1.165, 1.54) is 12.8 Å². The first-order valence-corrected chi connectivity index (χ1v) is 6.66. The van der Waals surface area contributed by atoms with E-state index in [2.05, 4.69) is 29.1 Å². The van der Waals surface area contributed by atoms with Crippen molar-refractivity contribution < 1.29 is 4.74 Å². The van der Waals surface area contributed by atoms with Gasteiger partial charge >= 0.3 is 0 Å². The molecule has 2 rings (SSSR count). The van der Waals surface area contributed by atoms with E-state index >= 15 is 0 Å². The summed E-state index contributed by atoms with van der Waals surface area (Å²) in [6.07, 6.45) is 5.37. The lowest BCUT2D eigenvalue weighted by Crippen LogP contribution is -2.25. The Hall–Kier alpha value is -1.16. The van der Waals surface area contributed by atoms with Crippen molar-refractivity contribution in [2.75, 3.05) is 25.6 Å². The van der Waals surface area contributed by atoms with E-state index in [0.29, 0.717) is 5.92 Å². The minimum Gasteiger partial charge on any atom is -0.385 e. The van der Waals surface area contributed by atoms with Crippen LogP contribution in [0.15, 0.2) is 12.3 Å². The Morgan fingerprint density at radius 1 is 1.44 bits per heavy atom. The first-order valence-electron chi connectivity index (χ1n) is 6.66. The number of hydrogen-bond acceptors (Lipinski definition) is 4. The highest BCUT2D eigenvalue weighted by Gasteiger charge is 2.26. The highest BCUT2D eigenvalue weighted by atomic mass is 16.5. The van der Waals surface area contributed by atoms with Gasteiger partial charge in [-0.05, 0) is 30.7 Å². The number of hydrogen-bond donors (Lipinski definition) is 1. The molecule has 0 amide bonds. The molecule has 1 N–H and O–H groups in total. The van der Waals surface area contributed by atoms with Gasteiger partial charge in [0.25, 0.3) is 0 Å². The van der Waals surface area contributed by atoms with Gasteiger partial charge in [-0.15, -0.1) is 0 Å². The lowest BCUT2D eigenvalue weighted by atomic mass is 9.90. The molecule has 1 aromatic heterocycles. The van der Waals surface area contributed by atoms with E-state index in [1.54, 1.807) is 7.11 Å². The van der Waals surface area contributed by atoms with Crippen LogP contribution in [0.2, 0.25) is 0 Å². The predicted molar refractivity (Wildman–Crippen MR) is 72.8 cm³/mol. The number of aromatic nitrogens is 2. The Bertz CT molecular complexity index is 388. The van der Waals surface area contributed by atoms with Crippen LogP contribution in [-0.2, 0) is 4.74 Å². The Labute approximate surface area is 109 Å². The lowest BCUT2D eigenvalue weighted by Gasteiger charge is -2.24. The molecule has 0 unspecified atom stereocenters. The number of nitrogens with one attached hydrogen (secondary N) is 1. The Balaban J connectivity index is 1.87. The maximum Gasteiger partial charge on any atom is 0.133 e. The molecule has 1 aromatic rings. The largest absolute Gasteiger partial charge is 0.385 e. The van der Waals surface area contributed by atoms with Crippen molar-refractivity contribution in [3.8, 4) is 0 Å². The summed E-state index contributed by atoms with van der Waals surface area (Å²) < 4.78 is 5.14. The van der Waals surface area contributed by atoms with E-state index in [0.717, 1.165) is 31.2 Å². The molecule has 1 saturated carbocycles. The fraction of sp³-hybridized carbons (Fsp3) is 0.714. The van der Waals surface area contributed by atoms with Crippen molar-refractivity contribution >= 4 is 5.82 Å². The standard InChI is InChI=1S/C14H23N3O/c1-14(2,7-9-18-3)10-16-12-6-8-15-13(17-12)11-4-5-11/h6,8,11H,4-5,7,9-10H2,1-3H3,(H,15,16,17). The number of anilines is 1. The number of rotatable bonds is 7. The Morgan fingerprint density at radius 3 is 2.89 bits per heavy atom. The maximum atomic E-state index is 5.14. The molecule has 4 nitrogen and oxygen atoms in total.